The zero-order chi connectivity index (χ0) is 12.1. The second-order valence-corrected chi connectivity index (χ2v) is 3.92. The minimum atomic E-state index is 0.284. The van der Waals surface area contributed by atoms with Gasteiger partial charge in [-0.05, 0) is 41.8 Å². The van der Waals surface area contributed by atoms with E-state index < -0.39 is 0 Å². The second-order valence-electron chi connectivity index (χ2n) is 3.92. The van der Waals surface area contributed by atoms with Crippen LogP contribution in [0.5, 0.6) is 11.5 Å². The molecule has 0 amide bonds. The molecule has 0 bridgehead atoms. The van der Waals surface area contributed by atoms with Gasteiger partial charge in [0.1, 0.15) is 11.5 Å². The Balaban J connectivity index is 2.23. The maximum atomic E-state index is 9.25. The molecule has 2 aromatic rings. The van der Waals surface area contributed by atoms with Crippen molar-refractivity contribution in [3.8, 4) is 22.6 Å². The summed E-state index contributed by atoms with van der Waals surface area (Å²) in [7, 11) is 0. The Morgan fingerprint density at radius 3 is 2.47 bits per heavy atom. The van der Waals surface area contributed by atoms with Gasteiger partial charge in [0, 0.05) is 0 Å². The van der Waals surface area contributed by atoms with E-state index in [1.165, 1.54) is 0 Å². The lowest BCUT2D eigenvalue weighted by molar-refractivity contribution is 0.317. The van der Waals surface area contributed by atoms with Gasteiger partial charge >= 0.3 is 0 Å². The molecular weight excluding hydrogens is 212 g/mol. The van der Waals surface area contributed by atoms with Crippen LogP contribution >= 0.6 is 0 Å². The van der Waals surface area contributed by atoms with Gasteiger partial charge in [-0.25, -0.2) is 0 Å². The predicted octanol–water partition coefficient (Wildman–Crippen LogP) is 3.85. The number of hydrogen-bond donors (Lipinski definition) is 1. The van der Waals surface area contributed by atoms with Gasteiger partial charge in [-0.3, -0.25) is 0 Å². The van der Waals surface area contributed by atoms with E-state index >= 15 is 0 Å². The predicted molar refractivity (Wildman–Crippen MR) is 69.3 cm³/mol. The fourth-order valence-electron chi connectivity index (χ4n) is 1.64. The second kappa shape index (κ2) is 5.39. The van der Waals surface area contributed by atoms with E-state index in [0.29, 0.717) is 0 Å². The molecule has 0 saturated carbocycles. The highest BCUT2D eigenvalue weighted by atomic mass is 16.5. The Hall–Kier alpha value is -1.96. The number of ether oxygens (including phenoxy) is 1. The van der Waals surface area contributed by atoms with E-state index in [1.54, 1.807) is 12.1 Å². The van der Waals surface area contributed by atoms with Crippen LogP contribution in [0.4, 0.5) is 0 Å². The Kier molecular flexibility index (Phi) is 3.66. The molecular formula is C15H16O2. The average molecular weight is 228 g/mol. The topological polar surface area (TPSA) is 29.5 Å². The van der Waals surface area contributed by atoms with E-state index in [0.717, 1.165) is 29.9 Å². The standard InChI is InChI=1S/C15H16O2/c1-2-10-17-15-5-3-4-13(11-15)12-6-8-14(16)9-7-12/h3-9,11,16H,2,10H2,1H3. The largest absolute Gasteiger partial charge is 0.508 e. The first-order valence-corrected chi connectivity index (χ1v) is 5.82. The molecule has 0 spiro atoms. The number of phenols is 1. The Labute approximate surface area is 101 Å². The van der Waals surface area contributed by atoms with Crippen LogP contribution in [0.3, 0.4) is 0 Å². The highest BCUT2D eigenvalue weighted by Gasteiger charge is 2.00. The van der Waals surface area contributed by atoms with Crippen LogP contribution in [0.15, 0.2) is 48.5 Å². The summed E-state index contributed by atoms with van der Waals surface area (Å²) in [5.41, 5.74) is 2.17. The smallest absolute Gasteiger partial charge is 0.119 e. The van der Waals surface area contributed by atoms with Crippen molar-refractivity contribution in [2.45, 2.75) is 13.3 Å². The summed E-state index contributed by atoms with van der Waals surface area (Å²) in [4.78, 5) is 0. The lowest BCUT2D eigenvalue weighted by Crippen LogP contribution is -1.94. The third kappa shape index (κ3) is 3.00. The lowest BCUT2D eigenvalue weighted by Gasteiger charge is -2.07. The summed E-state index contributed by atoms with van der Waals surface area (Å²) < 4.78 is 5.59. The van der Waals surface area contributed by atoms with Crippen LogP contribution in [-0.2, 0) is 0 Å². The van der Waals surface area contributed by atoms with E-state index in [1.807, 2.05) is 36.4 Å². The van der Waals surface area contributed by atoms with Gasteiger partial charge in [0.2, 0.25) is 0 Å². The molecule has 0 aromatic heterocycles. The van der Waals surface area contributed by atoms with Crippen LogP contribution in [0.2, 0.25) is 0 Å². The highest BCUT2D eigenvalue weighted by Crippen LogP contribution is 2.25. The molecule has 0 unspecified atom stereocenters. The first-order valence-electron chi connectivity index (χ1n) is 5.82. The lowest BCUT2D eigenvalue weighted by atomic mass is 10.1. The molecule has 2 nitrogen and oxygen atoms in total. The molecule has 0 heterocycles. The quantitative estimate of drug-likeness (QED) is 0.861. The van der Waals surface area contributed by atoms with E-state index in [-0.39, 0.29) is 5.75 Å². The Morgan fingerprint density at radius 2 is 1.76 bits per heavy atom. The van der Waals surface area contributed by atoms with Crippen LogP contribution in [-0.4, -0.2) is 11.7 Å². The summed E-state index contributed by atoms with van der Waals surface area (Å²) in [5, 5.41) is 9.25. The van der Waals surface area contributed by atoms with Crippen LogP contribution < -0.4 is 4.74 Å². The summed E-state index contributed by atoms with van der Waals surface area (Å²) in [6, 6.07) is 15.2. The summed E-state index contributed by atoms with van der Waals surface area (Å²) in [6.45, 7) is 2.82. The molecule has 0 radical (unpaired) electrons. The SMILES string of the molecule is CCCOc1cccc(-c2ccc(O)cc2)c1. The molecule has 0 aliphatic heterocycles. The summed E-state index contributed by atoms with van der Waals surface area (Å²) >= 11 is 0. The van der Waals surface area contributed by atoms with Crippen LogP contribution in [0, 0.1) is 0 Å². The molecule has 0 atom stereocenters. The number of benzene rings is 2. The summed E-state index contributed by atoms with van der Waals surface area (Å²) in [5.74, 6) is 1.17. The maximum absolute atomic E-state index is 9.25. The van der Waals surface area contributed by atoms with Crippen molar-refractivity contribution < 1.29 is 9.84 Å². The van der Waals surface area contributed by atoms with Gasteiger partial charge in [0.25, 0.3) is 0 Å². The number of aromatic hydroxyl groups is 1. The van der Waals surface area contributed by atoms with Gasteiger partial charge in [0.05, 0.1) is 6.61 Å². The van der Waals surface area contributed by atoms with Gasteiger partial charge in [-0.15, -0.1) is 0 Å². The first kappa shape index (κ1) is 11.5. The normalized spacial score (nSPS) is 10.2. The van der Waals surface area contributed by atoms with E-state index in [2.05, 4.69) is 6.92 Å². The maximum Gasteiger partial charge on any atom is 0.119 e. The van der Waals surface area contributed by atoms with Gasteiger partial charge in [0.15, 0.2) is 0 Å². The van der Waals surface area contributed by atoms with Crippen LogP contribution in [0.1, 0.15) is 13.3 Å². The third-order valence-corrected chi connectivity index (χ3v) is 2.51. The highest BCUT2D eigenvalue weighted by molar-refractivity contribution is 5.65. The zero-order valence-electron chi connectivity index (χ0n) is 9.89. The molecule has 0 saturated heterocycles. The van der Waals surface area contributed by atoms with Crippen molar-refractivity contribution in [2.75, 3.05) is 6.61 Å². The third-order valence-electron chi connectivity index (χ3n) is 2.51. The van der Waals surface area contributed by atoms with E-state index in [4.69, 9.17) is 4.74 Å². The molecule has 0 fully saturated rings. The fraction of sp³-hybridized carbons (Fsp3) is 0.200. The van der Waals surface area contributed by atoms with Gasteiger partial charge in [-0.1, -0.05) is 31.2 Å². The van der Waals surface area contributed by atoms with Crippen molar-refractivity contribution in [2.24, 2.45) is 0 Å². The molecule has 2 rings (SSSR count). The molecule has 1 N–H and O–H groups in total. The van der Waals surface area contributed by atoms with Crippen LogP contribution in [0.25, 0.3) is 11.1 Å². The monoisotopic (exact) mass is 228 g/mol. The van der Waals surface area contributed by atoms with Gasteiger partial charge < -0.3 is 9.84 Å². The molecule has 2 aromatic carbocycles. The first-order chi connectivity index (χ1) is 8.29. The molecule has 0 aliphatic carbocycles. The minimum absolute atomic E-state index is 0.284. The van der Waals surface area contributed by atoms with Crippen molar-refractivity contribution in [1.82, 2.24) is 0 Å². The fourth-order valence-corrected chi connectivity index (χ4v) is 1.64. The minimum Gasteiger partial charge on any atom is -0.508 e. The average Bonchev–Trinajstić information content (AvgIpc) is 2.37. The van der Waals surface area contributed by atoms with Crippen molar-refractivity contribution in [3.63, 3.8) is 0 Å². The Bertz CT molecular complexity index is 475. The molecule has 17 heavy (non-hydrogen) atoms. The van der Waals surface area contributed by atoms with Gasteiger partial charge in [-0.2, -0.15) is 0 Å². The number of phenolic OH excluding ortho intramolecular Hbond substituents is 1. The number of hydrogen-bond acceptors (Lipinski definition) is 2. The van der Waals surface area contributed by atoms with E-state index in [9.17, 15) is 5.11 Å². The van der Waals surface area contributed by atoms with Crippen molar-refractivity contribution >= 4 is 0 Å². The van der Waals surface area contributed by atoms with Crippen molar-refractivity contribution in [3.05, 3.63) is 48.5 Å². The Morgan fingerprint density at radius 1 is 1.00 bits per heavy atom. The summed E-state index contributed by atoms with van der Waals surface area (Å²) in [6.07, 6.45) is 1.00. The molecule has 88 valence electrons. The molecule has 0 aliphatic rings. The number of rotatable bonds is 4. The van der Waals surface area contributed by atoms with Crippen molar-refractivity contribution in [1.29, 1.82) is 0 Å². The molecule has 2 heteroatoms. The zero-order valence-corrected chi connectivity index (χ0v) is 9.89.